The third-order valence-electron chi connectivity index (χ3n) is 2.89. The van der Waals surface area contributed by atoms with Crippen LogP contribution in [-0.4, -0.2) is 18.1 Å². The molecular formula is C14H16N2O5. The minimum atomic E-state index is -0.454. The molecule has 2 rings (SSSR count). The third kappa shape index (κ3) is 3.33. The van der Waals surface area contributed by atoms with Gasteiger partial charge in [-0.05, 0) is 23.8 Å². The van der Waals surface area contributed by atoms with Gasteiger partial charge in [0.2, 0.25) is 0 Å². The number of nitrogens with two attached hydrogens (primary N) is 1. The molecule has 0 radical (unpaired) electrons. The number of nitrogen functional groups attached to an aromatic ring is 1. The zero-order valence-electron chi connectivity index (χ0n) is 11.5. The molecule has 1 aromatic carbocycles. The predicted molar refractivity (Wildman–Crippen MR) is 73.6 cm³/mol. The smallest absolute Gasteiger partial charge is 0.268 e. The first kappa shape index (κ1) is 14.9. The maximum Gasteiger partial charge on any atom is 0.268 e. The highest BCUT2D eigenvalue weighted by Gasteiger charge is 2.15. The van der Waals surface area contributed by atoms with Gasteiger partial charge >= 0.3 is 0 Å². The van der Waals surface area contributed by atoms with Crippen LogP contribution in [0, 0.1) is 0 Å². The van der Waals surface area contributed by atoms with Gasteiger partial charge in [0.15, 0.2) is 17.3 Å². The highest BCUT2D eigenvalue weighted by Crippen LogP contribution is 2.29. The van der Waals surface area contributed by atoms with Gasteiger partial charge in [-0.1, -0.05) is 6.07 Å². The fourth-order valence-electron chi connectivity index (χ4n) is 1.81. The van der Waals surface area contributed by atoms with Crippen LogP contribution in [0.4, 0.5) is 0 Å². The van der Waals surface area contributed by atoms with Crippen molar-refractivity contribution in [2.45, 2.75) is 13.2 Å². The number of amides is 1. The van der Waals surface area contributed by atoms with Gasteiger partial charge in [0.1, 0.15) is 6.61 Å². The molecule has 7 heteroatoms. The van der Waals surface area contributed by atoms with E-state index in [4.69, 9.17) is 24.8 Å². The van der Waals surface area contributed by atoms with Gasteiger partial charge < -0.3 is 19.0 Å². The number of carbonyl (C=O) groups excluding carboxylic acids is 1. The average Bonchev–Trinajstić information content (AvgIpc) is 3.00. The van der Waals surface area contributed by atoms with Crippen LogP contribution in [0.15, 0.2) is 34.9 Å². The number of ether oxygens (including phenoxy) is 2. The molecule has 0 aliphatic heterocycles. The highest BCUT2D eigenvalue weighted by atomic mass is 16.5. The summed E-state index contributed by atoms with van der Waals surface area (Å²) in [7, 11) is 1.50. The van der Waals surface area contributed by atoms with E-state index in [1.165, 1.54) is 19.4 Å². The van der Waals surface area contributed by atoms with E-state index in [1.807, 2.05) is 5.43 Å². The maximum atomic E-state index is 11.5. The zero-order valence-corrected chi connectivity index (χ0v) is 11.5. The van der Waals surface area contributed by atoms with E-state index in [0.29, 0.717) is 28.4 Å². The Labute approximate surface area is 121 Å². The first-order valence-corrected chi connectivity index (χ1v) is 6.17. The van der Waals surface area contributed by atoms with E-state index in [2.05, 4.69) is 0 Å². The molecule has 0 aliphatic carbocycles. The van der Waals surface area contributed by atoms with Crippen molar-refractivity contribution in [1.82, 2.24) is 5.43 Å². The number of rotatable bonds is 6. The van der Waals surface area contributed by atoms with Gasteiger partial charge in [-0.2, -0.15) is 0 Å². The van der Waals surface area contributed by atoms with Crippen molar-refractivity contribution in [2.24, 2.45) is 5.84 Å². The van der Waals surface area contributed by atoms with Crippen molar-refractivity contribution in [3.05, 3.63) is 47.4 Å². The SMILES string of the molecule is COc1cc(CO)ccc1OCc1occc1C(=O)NN. The number of nitrogens with one attached hydrogen (secondary N) is 1. The van der Waals surface area contributed by atoms with E-state index in [1.54, 1.807) is 18.2 Å². The van der Waals surface area contributed by atoms with Crippen molar-refractivity contribution in [1.29, 1.82) is 0 Å². The molecule has 112 valence electrons. The Kier molecular flexibility index (Phi) is 4.81. The Hall–Kier alpha value is -2.51. The number of carbonyl (C=O) groups is 1. The molecule has 0 saturated carbocycles. The summed E-state index contributed by atoms with van der Waals surface area (Å²) in [6.45, 7) is -0.0414. The summed E-state index contributed by atoms with van der Waals surface area (Å²) in [6, 6.07) is 6.57. The molecule has 0 fully saturated rings. The van der Waals surface area contributed by atoms with Crippen molar-refractivity contribution in [2.75, 3.05) is 7.11 Å². The van der Waals surface area contributed by atoms with Crippen LogP contribution in [0.2, 0.25) is 0 Å². The van der Waals surface area contributed by atoms with Gasteiger partial charge in [-0.3, -0.25) is 10.2 Å². The minimum Gasteiger partial charge on any atom is -0.493 e. The molecule has 1 amide bonds. The molecule has 4 N–H and O–H groups in total. The van der Waals surface area contributed by atoms with Crippen LogP contribution in [0.5, 0.6) is 11.5 Å². The summed E-state index contributed by atoms with van der Waals surface area (Å²) in [5.41, 5.74) is 3.05. The molecule has 1 aromatic heterocycles. The summed E-state index contributed by atoms with van der Waals surface area (Å²) in [5, 5.41) is 9.09. The number of hydrazine groups is 1. The topological polar surface area (TPSA) is 107 Å². The quantitative estimate of drug-likeness (QED) is 0.416. The number of aliphatic hydroxyl groups excluding tert-OH is 1. The van der Waals surface area contributed by atoms with Gasteiger partial charge in [-0.15, -0.1) is 0 Å². The molecule has 0 spiro atoms. The molecule has 0 atom stereocenters. The van der Waals surface area contributed by atoms with Crippen molar-refractivity contribution < 1.29 is 23.8 Å². The van der Waals surface area contributed by atoms with Gasteiger partial charge in [-0.25, -0.2) is 5.84 Å². The van der Waals surface area contributed by atoms with Gasteiger partial charge in [0.05, 0.1) is 25.5 Å². The first-order valence-electron chi connectivity index (χ1n) is 6.17. The number of benzene rings is 1. The molecule has 2 aromatic rings. The summed E-state index contributed by atoms with van der Waals surface area (Å²) in [5.74, 6) is 5.95. The molecule has 21 heavy (non-hydrogen) atoms. The Bertz CT molecular complexity index is 624. The van der Waals surface area contributed by atoms with Crippen molar-refractivity contribution in [3.63, 3.8) is 0 Å². The number of hydrogen-bond donors (Lipinski definition) is 3. The van der Waals surface area contributed by atoms with Crippen LogP contribution in [0.25, 0.3) is 0 Å². The first-order chi connectivity index (χ1) is 10.2. The van der Waals surface area contributed by atoms with E-state index >= 15 is 0 Å². The average molecular weight is 292 g/mol. The number of methoxy groups -OCH3 is 1. The molecule has 1 heterocycles. The predicted octanol–water partition coefficient (Wildman–Crippen LogP) is 0.963. The molecule has 0 saturated heterocycles. The van der Waals surface area contributed by atoms with Crippen LogP contribution < -0.4 is 20.7 Å². The highest BCUT2D eigenvalue weighted by molar-refractivity contribution is 5.94. The Balaban J connectivity index is 2.13. The second-order valence-corrected chi connectivity index (χ2v) is 4.16. The second kappa shape index (κ2) is 6.78. The Morgan fingerprint density at radius 3 is 2.86 bits per heavy atom. The minimum absolute atomic E-state index is 0.0462. The number of hydrogen-bond acceptors (Lipinski definition) is 6. The molecular weight excluding hydrogens is 276 g/mol. The number of aliphatic hydroxyl groups is 1. The largest absolute Gasteiger partial charge is 0.493 e. The molecule has 0 bridgehead atoms. The van der Waals surface area contributed by atoms with Crippen molar-refractivity contribution in [3.8, 4) is 11.5 Å². The van der Waals surface area contributed by atoms with Crippen LogP contribution >= 0.6 is 0 Å². The Morgan fingerprint density at radius 2 is 2.19 bits per heavy atom. The van der Waals surface area contributed by atoms with E-state index in [-0.39, 0.29) is 13.2 Å². The van der Waals surface area contributed by atoms with Gasteiger partial charge in [0, 0.05) is 0 Å². The number of furan rings is 1. The molecule has 7 nitrogen and oxygen atoms in total. The fraction of sp³-hybridized carbons (Fsp3) is 0.214. The monoisotopic (exact) mass is 292 g/mol. The normalized spacial score (nSPS) is 10.2. The summed E-state index contributed by atoms with van der Waals surface area (Å²) in [4.78, 5) is 11.5. The zero-order chi connectivity index (χ0) is 15.2. The summed E-state index contributed by atoms with van der Waals surface area (Å²) >= 11 is 0. The van der Waals surface area contributed by atoms with Crippen LogP contribution in [0.3, 0.4) is 0 Å². The summed E-state index contributed by atoms with van der Waals surface area (Å²) < 4.78 is 16.0. The van der Waals surface area contributed by atoms with Gasteiger partial charge in [0.25, 0.3) is 5.91 Å². The molecule has 0 unspecified atom stereocenters. The lowest BCUT2D eigenvalue weighted by atomic mass is 10.2. The summed E-state index contributed by atoms with van der Waals surface area (Å²) in [6.07, 6.45) is 1.38. The lowest BCUT2D eigenvalue weighted by Crippen LogP contribution is -2.30. The lowest BCUT2D eigenvalue weighted by molar-refractivity contribution is 0.0949. The Morgan fingerprint density at radius 1 is 1.38 bits per heavy atom. The van der Waals surface area contributed by atoms with E-state index < -0.39 is 5.91 Å². The van der Waals surface area contributed by atoms with E-state index in [0.717, 1.165) is 0 Å². The molecule has 0 aliphatic rings. The maximum absolute atomic E-state index is 11.5. The van der Waals surface area contributed by atoms with E-state index in [9.17, 15) is 4.79 Å². The standard InChI is InChI=1S/C14H16N2O5/c1-19-12-6-9(7-17)2-3-11(12)21-8-13-10(4-5-20-13)14(18)16-15/h2-6,17H,7-8,15H2,1H3,(H,16,18). The van der Waals surface area contributed by atoms with Crippen LogP contribution in [-0.2, 0) is 13.2 Å². The lowest BCUT2D eigenvalue weighted by Gasteiger charge is -2.11. The third-order valence-corrected chi connectivity index (χ3v) is 2.89. The second-order valence-electron chi connectivity index (χ2n) is 4.16. The fourth-order valence-corrected chi connectivity index (χ4v) is 1.81. The van der Waals surface area contributed by atoms with Crippen molar-refractivity contribution >= 4 is 5.91 Å². The van der Waals surface area contributed by atoms with Crippen LogP contribution in [0.1, 0.15) is 21.7 Å².